The largest absolute Gasteiger partial charge is 0.399 e. The summed E-state index contributed by atoms with van der Waals surface area (Å²) in [6.07, 6.45) is 4.11. The van der Waals surface area contributed by atoms with Crippen molar-refractivity contribution in [2.75, 3.05) is 11.1 Å². The summed E-state index contributed by atoms with van der Waals surface area (Å²) in [4.78, 5) is 14.8. The second-order valence-electron chi connectivity index (χ2n) is 5.51. The predicted octanol–water partition coefficient (Wildman–Crippen LogP) is 2.93. The molecule has 7 nitrogen and oxygen atoms in total. The summed E-state index contributed by atoms with van der Waals surface area (Å²) in [5.74, 6) is 0.184. The van der Waals surface area contributed by atoms with Gasteiger partial charge in [-0.25, -0.2) is 4.98 Å². The van der Waals surface area contributed by atoms with Gasteiger partial charge in [0.15, 0.2) is 0 Å². The number of nitro groups is 1. The summed E-state index contributed by atoms with van der Waals surface area (Å²) in [5, 5.41) is 23.2. The van der Waals surface area contributed by atoms with Gasteiger partial charge >= 0.3 is 5.69 Å². The highest BCUT2D eigenvalue weighted by Gasteiger charge is 2.24. The van der Waals surface area contributed by atoms with Gasteiger partial charge in [0.1, 0.15) is 6.07 Å². The molecule has 0 spiro atoms. The molecular formula is C16H15N5O2. The number of pyridine rings is 1. The third kappa shape index (κ3) is 2.92. The van der Waals surface area contributed by atoms with E-state index in [1.165, 1.54) is 12.3 Å². The quantitative estimate of drug-likeness (QED) is 0.511. The Hall–Kier alpha value is -3.14. The van der Waals surface area contributed by atoms with Gasteiger partial charge in [0, 0.05) is 18.0 Å². The van der Waals surface area contributed by atoms with Crippen LogP contribution in [0, 0.1) is 21.4 Å². The van der Waals surface area contributed by atoms with Gasteiger partial charge in [-0.3, -0.25) is 10.1 Å². The highest BCUT2D eigenvalue weighted by molar-refractivity contribution is 5.60. The molecule has 1 heterocycles. The number of benzene rings is 1. The number of hydrogen-bond acceptors (Lipinski definition) is 6. The maximum absolute atomic E-state index is 11.2. The second-order valence-corrected chi connectivity index (χ2v) is 5.51. The van der Waals surface area contributed by atoms with E-state index in [2.05, 4.69) is 10.3 Å². The number of nitriles is 1. The van der Waals surface area contributed by atoms with Gasteiger partial charge < -0.3 is 11.1 Å². The predicted molar refractivity (Wildman–Crippen MR) is 85.8 cm³/mol. The Morgan fingerprint density at radius 1 is 1.43 bits per heavy atom. The molecule has 0 radical (unpaired) electrons. The molecule has 7 heteroatoms. The van der Waals surface area contributed by atoms with Crippen LogP contribution in [0.5, 0.6) is 0 Å². The van der Waals surface area contributed by atoms with Crippen molar-refractivity contribution in [2.24, 2.45) is 0 Å². The van der Waals surface area contributed by atoms with Crippen LogP contribution in [-0.2, 0) is 6.42 Å². The van der Waals surface area contributed by atoms with E-state index in [4.69, 9.17) is 11.0 Å². The number of hydrogen-bond donors (Lipinski definition) is 2. The average molecular weight is 309 g/mol. The zero-order valence-corrected chi connectivity index (χ0v) is 12.3. The van der Waals surface area contributed by atoms with E-state index in [0.29, 0.717) is 5.69 Å². The molecule has 0 saturated carbocycles. The average Bonchev–Trinajstić information content (AvgIpc) is 2.55. The first kappa shape index (κ1) is 14.8. The Morgan fingerprint density at radius 2 is 2.26 bits per heavy atom. The minimum Gasteiger partial charge on any atom is -0.399 e. The molecule has 0 aliphatic heterocycles. The van der Waals surface area contributed by atoms with Crippen LogP contribution >= 0.6 is 0 Å². The number of aromatic nitrogens is 1. The minimum absolute atomic E-state index is 0.0570. The van der Waals surface area contributed by atoms with Crippen molar-refractivity contribution in [1.29, 1.82) is 5.26 Å². The first-order valence-electron chi connectivity index (χ1n) is 7.28. The van der Waals surface area contributed by atoms with E-state index in [0.717, 1.165) is 30.4 Å². The molecule has 2 aromatic rings. The van der Waals surface area contributed by atoms with Crippen molar-refractivity contribution in [3.63, 3.8) is 0 Å². The monoisotopic (exact) mass is 309 g/mol. The number of aryl methyl sites for hydroxylation is 1. The molecule has 116 valence electrons. The molecular weight excluding hydrogens is 294 g/mol. The molecule has 1 atom stereocenters. The van der Waals surface area contributed by atoms with E-state index in [1.54, 1.807) is 0 Å². The Labute approximate surface area is 132 Å². The molecule has 0 bridgehead atoms. The highest BCUT2D eigenvalue weighted by atomic mass is 16.6. The van der Waals surface area contributed by atoms with Crippen molar-refractivity contribution in [3.8, 4) is 6.07 Å². The third-order valence-corrected chi connectivity index (χ3v) is 3.99. The van der Waals surface area contributed by atoms with Gasteiger partial charge in [0.25, 0.3) is 0 Å². The van der Waals surface area contributed by atoms with Gasteiger partial charge in [-0.05, 0) is 42.5 Å². The normalized spacial score (nSPS) is 16.2. The van der Waals surface area contributed by atoms with E-state index >= 15 is 0 Å². The van der Waals surface area contributed by atoms with Crippen molar-refractivity contribution < 1.29 is 4.92 Å². The van der Waals surface area contributed by atoms with Crippen molar-refractivity contribution in [2.45, 2.75) is 25.3 Å². The van der Waals surface area contributed by atoms with E-state index in [9.17, 15) is 10.1 Å². The van der Waals surface area contributed by atoms with Crippen molar-refractivity contribution >= 4 is 17.2 Å². The fourth-order valence-corrected chi connectivity index (χ4v) is 2.91. The molecule has 1 aromatic carbocycles. The van der Waals surface area contributed by atoms with E-state index < -0.39 is 4.92 Å². The number of nitrogens with one attached hydrogen (secondary N) is 1. The number of nitrogens with two attached hydrogens (primary N) is 1. The molecule has 1 unspecified atom stereocenters. The van der Waals surface area contributed by atoms with Gasteiger partial charge in [0.2, 0.25) is 5.82 Å². The summed E-state index contributed by atoms with van der Waals surface area (Å²) in [5.41, 5.74) is 8.76. The SMILES string of the molecule is N#Cc1cnc(NC2CCCc3cc(N)ccc32)c([N+](=O)[O-])c1. The summed E-state index contributed by atoms with van der Waals surface area (Å²) >= 11 is 0. The molecule has 1 aliphatic rings. The second kappa shape index (κ2) is 5.93. The molecule has 0 amide bonds. The van der Waals surface area contributed by atoms with Crippen LogP contribution in [-0.4, -0.2) is 9.91 Å². The topological polar surface area (TPSA) is 118 Å². The summed E-state index contributed by atoms with van der Waals surface area (Å²) < 4.78 is 0. The first-order chi connectivity index (χ1) is 11.1. The minimum atomic E-state index is -0.525. The lowest BCUT2D eigenvalue weighted by Crippen LogP contribution is -2.19. The zero-order valence-electron chi connectivity index (χ0n) is 12.3. The van der Waals surface area contributed by atoms with Gasteiger partial charge in [0.05, 0.1) is 16.5 Å². The van der Waals surface area contributed by atoms with E-state index in [-0.39, 0.29) is 23.1 Å². The number of anilines is 2. The van der Waals surface area contributed by atoms with Crippen LogP contribution in [0.3, 0.4) is 0 Å². The van der Waals surface area contributed by atoms with Crippen LogP contribution in [0.1, 0.15) is 35.6 Å². The lowest BCUT2D eigenvalue weighted by atomic mass is 9.87. The number of fused-ring (bicyclic) bond motifs is 1. The fourth-order valence-electron chi connectivity index (χ4n) is 2.91. The third-order valence-electron chi connectivity index (χ3n) is 3.99. The first-order valence-corrected chi connectivity index (χ1v) is 7.28. The highest BCUT2D eigenvalue weighted by Crippen LogP contribution is 2.35. The number of nitrogens with zero attached hydrogens (tertiary/aromatic N) is 3. The number of rotatable bonds is 3. The molecule has 0 fully saturated rings. The summed E-state index contributed by atoms with van der Waals surface area (Å²) in [6, 6.07) is 8.78. The maximum atomic E-state index is 11.2. The fraction of sp³-hybridized carbons (Fsp3) is 0.250. The van der Waals surface area contributed by atoms with E-state index in [1.807, 2.05) is 24.3 Å². The molecule has 3 rings (SSSR count). The summed E-state index contributed by atoms with van der Waals surface area (Å²) in [6.45, 7) is 0. The Morgan fingerprint density at radius 3 is 3.00 bits per heavy atom. The van der Waals surface area contributed by atoms with Gasteiger partial charge in [-0.15, -0.1) is 0 Å². The molecule has 1 aliphatic carbocycles. The van der Waals surface area contributed by atoms with Crippen molar-refractivity contribution in [1.82, 2.24) is 4.98 Å². The van der Waals surface area contributed by atoms with Crippen LogP contribution < -0.4 is 11.1 Å². The molecule has 23 heavy (non-hydrogen) atoms. The Kier molecular flexibility index (Phi) is 3.81. The Bertz CT molecular complexity index is 813. The van der Waals surface area contributed by atoms with Gasteiger partial charge in [-0.1, -0.05) is 6.07 Å². The van der Waals surface area contributed by atoms with Crippen LogP contribution in [0.2, 0.25) is 0 Å². The maximum Gasteiger partial charge on any atom is 0.312 e. The smallest absolute Gasteiger partial charge is 0.312 e. The van der Waals surface area contributed by atoms with Crippen LogP contribution in [0.4, 0.5) is 17.2 Å². The lowest BCUT2D eigenvalue weighted by molar-refractivity contribution is -0.384. The molecule has 3 N–H and O–H groups in total. The zero-order chi connectivity index (χ0) is 16.4. The Balaban J connectivity index is 1.95. The van der Waals surface area contributed by atoms with Crippen molar-refractivity contribution in [3.05, 3.63) is 57.3 Å². The van der Waals surface area contributed by atoms with Gasteiger partial charge in [-0.2, -0.15) is 5.26 Å². The lowest BCUT2D eigenvalue weighted by Gasteiger charge is -2.27. The van der Waals surface area contributed by atoms with Crippen LogP contribution in [0.15, 0.2) is 30.5 Å². The number of nitrogen functional groups attached to an aromatic ring is 1. The molecule has 1 aromatic heterocycles. The van der Waals surface area contributed by atoms with Crippen LogP contribution in [0.25, 0.3) is 0 Å². The standard InChI is InChI=1S/C16H15N5O2/c17-8-10-6-15(21(22)23)16(19-9-10)20-14-3-1-2-11-7-12(18)4-5-13(11)14/h4-7,9,14H,1-3,18H2,(H,19,20). The summed E-state index contributed by atoms with van der Waals surface area (Å²) in [7, 11) is 0. The molecule has 0 saturated heterocycles.